The molecule has 0 amide bonds. The lowest BCUT2D eigenvalue weighted by molar-refractivity contribution is -0.129. The number of carbonyl (C=O) groups excluding carboxylic acids is 1. The van der Waals surface area contributed by atoms with Crippen molar-refractivity contribution in [2.75, 3.05) is 7.11 Å². The lowest BCUT2D eigenvalue weighted by atomic mass is 10.0. The van der Waals surface area contributed by atoms with E-state index in [4.69, 9.17) is 14.2 Å². The van der Waals surface area contributed by atoms with Crippen LogP contribution in [-0.2, 0) is 16.1 Å². The highest BCUT2D eigenvalue weighted by molar-refractivity contribution is 6.13. The van der Waals surface area contributed by atoms with Crippen LogP contribution in [0.2, 0.25) is 0 Å². The van der Waals surface area contributed by atoms with Gasteiger partial charge in [0.2, 0.25) is 5.90 Å². The number of benzene rings is 4. The second-order valence-corrected chi connectivity index (χ2v) is 8.11. The summed E-state index contributed by atoms with van der Waals surface area (Å²) in [5.41, 5.74) is 4.47. The number of esters is 1. The maximum atomic E-state index is 13.4. The summed E-state index contributed by atoms with van der Waals surface area (Å²) in [4.78, 5) is 16.9. The molecule has 0 atom stereocenters. The minimum absolute atomic E-state index is 0.188. The third-order valence-corrected chi connectivity index (χ3v) is 5.63. The Bertz CT molecular complexity index is 1460. The molecule has 36 heavy (non-hydrogen) atoms. The second kappa shape index (κ2) is 10.3. The van der Waals surface area contributed by atoms with Crippen molar-refractivity contribution in [3.8, 4) is 22.6 Å². The SMILES string of the molecule is COc1cc(/C=C2\N=C(c3ccc(-c4ccccc4)cc3)OC2=O)ccc1OCc1cccc(F)c1. The molecule has 1 heterocycles. The van der Waals surface area contributed by atoms with Gasteiger partial charge in [0.05, 0.1) is 7.11 Å². The number of cyclic esters (lactones) is 1. The molecule has 1 aliphatic rings. The average molecular weight is 480 g/mol. The molecule has 0 aromatic heterocycles. The maximum absolute atomic E-state index is 13.4. The molecule has 0 aliphatic carbocycles. The van der Waals surface area contributed by atoms with Gasteiger partial charge in [-0.1, -0.05) is 60.7 Å². The Morgan fingerprint density at radius 3 is 2.33 bits per heavy atom. The molecule has 178 valence electrons. The predicted molar refractivity (Wildman–Crippen MR) is 136 cm³/mol. The summed E-state index contributed by atoms with van der Waals surface area (Å²) in [6.45, 7) is 0.192. The molecule has 0 fully saturated rings. The van der Waals surface area contributed by atoms with Gasteiger partial charge >= 0.3 is 5.97 Å². The number of hydrogen-bond acceptors (Lipinski definition) is 5. The second-order valence-electron chi connectivity index (χ2n) is 8.11. The number of methoxy groups -OCH3 is 1. The quantitative estimate of drug-likeness (QED) is 0.227. The van der Waals surface area contributed by atoms with Crippen molar-refractivity contribution in [3.05, 3.63) is 125 Å². The summed E-state index contributed by atoms with van der Waals surface area (Å²) >= 11 is 0. The Morgan fingerprint density at radius 1 is 0.833 bits per heavy atom. The highest BCUT2D eigenvalue weighted by Crippen LogP contribution is 2.31. The fraction of sp³-hybridized carbons (Fsp3) is 0.0667. The van der Waals surface area contributed by atoms with Gasteiger partial charge in [-0.2, -0.15) is 0 Å². The summed E-state index contributed by atoms with van der Waals surface area (Å²) in [5.74, 6) is 0.393. The van der Waals surface area contributed by atoms with Crippen LogP contribution in [0, 0.1) is 5.82 Å². The van der Waals surface area contributed by atoms with Gasteiger partial charge in [-0.15, -0.1) is 0 Å². The molecule has 4 aromatic carbocycles. The van der Waals surface area contributed by atoms with E-state index in [2.05, 4.69) is 4.99 Å². The summed E-state index contributed by atoms with van der Waals surface area (Å²) in [6, 6.07) is 29.2. The van der Waals surface area contributed by atoms with Crippen molar-refractivity contribution in [1.82, 2.24) is 0 Å². The normalized spacial score (nSPS) is 13.9. The maximum Gasteiger partial charge on any atom is 0.363 e. The van der Waals surface area contributed by atoms with Crippen molar-refractivity contribution >= 4 is 17.9 Å². The van der Waals surface area contributed by atoms with E-state index in [-0.39, 0.29) is 24.0 Å². The van der Waals surface area contributed by atoms with E-state index in [9.17, 15) is 9.18 Å². The number of rotatable bonds is 7. The van der Waals surface area contributed by atoms with Gasteiger partial charge in [-0.05, 0) is 64.7 Å². The van der Waals surface area contributed by atoms with Crippen molar-refractivity contribution < 1.29 is 23.4 Å². The number of aliphatic imine (C=N–C) groups is 1. The van der Waals surface area contributed by atoms with Crippen LogP contribution in [0.3, 0.4) is 0 Å². The Morgan fingerprint density at radius 2 is 1.58 bits per heavy atom. The molecule has 0 spiro atoms. The molecule has 0 saturated carbocycles. The summed E-state index contributed by atoms with van der Waals surface area (Å²) in [6.07, 6.45) is 1.63. The molecule has 0 radical (unpaired) electrons. The van der Waals surface area contributed by atoms with Gasteiger partial charge in [0.1, 0.15) is 12.4 Å². The third kappa shape index (κ3) is 5.18. The van der Waals surface area contributed by atoms with Crippen LogP contribution < -0.4 is 9.47 Å². The fourth-order valence-electron chi connectivity index (χ4n) is 3.81. The average Bonchev–Trinajstić information content (AvgIpc) is 3.28. The monoisotopic (exact) mass is 479 g/mol. The number of carbonyl (C=O) groups is 1. The molecule has 4 aromatic rings. The Kier molecular flexibility index (Phi) is 6.58. The minimum atomic E-state index is -0.525. The van der Waals surface area contributed by atoms with E-state index in [1.54, 1.807) is 36.4 Å². The number of halogens is 1. The van der Waals surface area contributed by atoms with Crippen LogP contribution >= 0.6 is 0 Å². The summed E-state index contributed by atoms with van der Waals surface area (Å²) in [7, 11) is 1.53. The van der Waals surface area contributed by atoms with Crippen molar-refractivity contribution in [1.29, 1.82) is 0 Å². The number of ether oxygens (including phenoxy) is 3. The van der Waals surface area contributed by atoms with Gasteiger partial charge < -0.3 is 14.2 Å². The zero-order chi connectivity index (χ0) is 24.9. The van der Waals surface area contributed by atoms with E-state index in [0.29, 0.717) is 28.2 Å². The lowest BCUT2D eigenvalue weighted by Gasteiger charge is -2.11. The fourth-order valence-corrected chi connectivity index (χ4v) is 3.81. The highest BCUT2D eigenvalue weighted by atomic mass is 19.1. The molecule has 0 unspecified atom stereocenters. The molecule has 0 N–H and O–H groups in total. The van der Waals surface area contributed by atoms with Gasteiger partial charge in [0.15, 0.2) is 17.2 Å². The number of hydrogen-bond donors (Lipinski definition) is 0. The number of nitrogens with zero attached hydrogens (tertiary/aromatic N) is 1. The van der Waals surface area contributed by atoms with Crippen LogP contribution in [0.5, 0.6) is 11.5 Å². The molecule has 1 aliphatic heterocycles. The first-order chi connectivity index (χ1) is 17.6. The van der Waals surface area contributed by atoms with E-state index < -0.39 is 5.97 Å². The Hall–Kier alpha value is -4.71. The highest BCUT2D eigenvalue weighted by Gasteiger charge is 2.24. The summed E-state index contributed by atoms with van der Waals surface area (Å²) < 4.78 is 30.1. The van der Waals surface area contributed by atoms with Crippen LogP contribution in [0.1, 0.15) is 16.7 Å². The van der Waals surface area contributed by atoms with E-state index >= 15 is 0 Å². The van der Waals surface area contributed by atoms with E-state index in [1.165, 1.54) is 19.2 Å². The van der Waals surface area contributed by atoms with Gasteiger partial charge in [-0.25, -0.2) is 14.2 Å². The van der Waals surface area contributed by atoms with Crippen LogP contribution in [0.4, 0.5) is 4.39 Å². The van der Waals surface area contributed by atoms with Crippen molar-refractivity contribution in [2.24, 2.45) is 4.99 Å². The Labute approximate surface area is 208 Å². The zero-order valence-corrected chi connectivity index (χ0v) is 19.5. The molecule has 0 saturated heterocycles. The Balaban J connectivity index is 1.33. The first-order valence-corrected chi connectivity index (χ1v) is 11.3. The van der Waals surface area contributed by atoms with Crippen molar-refractivity contribution in [2.45, 2.75) is 6.61 Å². The van der Waals surface area contributed by atoms with Gasteiger partial charge in [0.25, 0.3) is 0 Å². The summed E-state index contributed by atoms with van der Waals surface area (Å²) in [5, 5.41) is 0. The molecule has 5 rings (SSSR count). The van der Waals surface area contributed by atoms with E-state index in [1.807, 2.05) is 54.6 Å². The predicted octanol–water partition coefficient (Wildman–Crippen LogP) is 6.42. The smallest absolute Gasteiger partial charge is 0.363 e. The first-order valence-electron chi connectivity index (χ1n) is 11.3. The topological polar surface area (TPSA) is 57.1 Å². The standard InChI is InChI=1S/C30H22FNO4/c1-34-28-18-20(10-15-27(28)35-19-21-6-5-9-25(31)16-21)17-26-30(33)36-29(32-26)24-13-11-23(12-14-24)22-7-3-2-4-8-22/h2-18H,19H2,1H3/b26-17-. The molecular weight excluding hydrogens is 457 g/mol. The molecular formula is C30H22FNO4. The molecule has 0 bridgehead atoms. The van der Waals surface area contributed by atoms with Gasteiger partial charge in [0, 0.05) is 5.56 Å². The van der Waals surface area contributed by atoms with Crippen LogP contribution in [0.15, 0.2) is 108 Å². The van der Waals surface area contributed by atoms with E-state index in [0.717, 1.165) is 11.1 Å². The molecule has 5 nitrogen and oxygen atoms in total. The lowest BCUT2D eigenvalue weighted by Crippen LogP contribution is -2.05. The van der Waals surface area contributed by atoms with Crippen LogP contribution in [-0.4, -0.2) is 19.0 Å². The molecule has 6 heteroatoms. The minimum Gasteiger partial charge on any atom is -0.493 e. The van der Waals surface area contributed by atoms with Crippen molar-refractivity contribution in [3.63, 3.8) is 0 Å². The largest absolute Gasteiger partial charge is 0.493 e. The first kappa shape index (κ1) is 23.1. The third-order valence-electron chi connectivity index (χ3n) is 5.63. The van der Waals surface area contributed by atoms with Gasteiger partial charge in [-0.3, -0.25) is 0 Å². The van der Waals surface area contributed by atoms with Crippen LogP contribution in [0.25, 0.3) is 17.2 Å². The zero-order valence-electron chi connectivity index (χ0n) is 19.5.